The highest BCUT2D eigenvalue weighted by Crippen LogP contribution is 2.46. The summed E-state index contributed by atoms with van der Waals surface area (Å²) in [7, 11) is 0. The molecule has 70 valence electrons. The second-order valence-electron chi connectivity index (χ2n) is 4.52. The molecule has 2 aliphatic rings. The zero-order valence-corrected chi connectivity index (χ0v) is 7.44. The van der Waals surface area contributed by atoms with Crippen molar-refractivity contribution in [1.82, 2.24) is 0 Å². The van der Waals surface area contributed by atoms with E-state index in [-0.39, 0.29) is 0 Å². The molecule has 0 radical (unpaired) electrons. The molecule has 0 aromatic carbocycles. The zero-order chi connectivity index (χ0) is 8.66. The van der Waals surface area contributed by atoms with Crippen LogP contribution in [0.2, 0.25) is 0 Å². The van der Waals surface area contributed by atoms with E-state index in [2.05, 4.69) is 4.94 Å². The van der Waals surface area contributed by atoms with E-state index in [4.69, 9.17) is 4.74 Å². The van der Waals surface area contributed by atoms with E-state index in [1.165, 1.54) is 0 Å². The molecule has 0 amide bonds. The van der Waals surface area contributed by atoms with Crippen molar-refractivity contribution in [2.75, 3.05) is 13.2 Å². The van der Waals surface area contributed by atoms with Crippen molar-refractivity contribution in [3.63, 3.8) is 0 Å². The molecule has 0 N–H and O–H groups in total. The second kappa shape index (κ2) is 2.67. The van der Waals surface area contributed by atoms with Crippen LogP contribution < -0.4 is 0 Å². The molecule has 1 heterocycles. The molecule has 2 fully saturated rings. The van der Waals surface area contributed by atoms with Gasteiger partial charge in [0.2, 0.25) is 0 Å². The van der Waals surface area contributed by atoms with Crippen molar-refractivity contribution in [2.24, 2.45) is 5.41 Å². The summed E-state index contributed by atoms with van der Waals surface area (Å²) >= 11 is 0. The Bertz CT molecular complexity index is 156. The molecule has 0 aromatic rings. The maximum Gasteiger partial charge on any atom is 0.106 e. The molecule has 1 aliphatic carbocycles. The highest BCUT2D eigenvalue weighted by atomic mass is 19.3. The Hall–Kier alpha value is -0.150. The third kappa shape index (κ3) is 1.25. The number of hydrogen-bond donors (Lipinski definition) is 0. The van der Waals surface area contributed by atoms with Crippen LogP contribution in [0.4, 0.5) is 4.53 Å². The summed E-state index contributed by atoms with van der Waals surface area (Å²) in [6.07, 6.45) is 3.75. The molecule has 0 unspecified atom stereocenters. The minimum absolute atomic E-state index is 0.387. The Morgan fingerprint density at radius 1 is 1.17 bits per heavy atom. The van der Waals surface area contributed by atoms with Crippen LogP contribution in [0, 0.1) is 5.41 Å². The number of hydrogen-bond acceptors (Lipinski definition) is 2. The standard InChI is InChI=1S/C9H15FO2/c1-8(12-10)2-4-9(5-3-8)6-11-7-9/h2-7H2,1H3. The van der Waals surface area contributed by atoms with Gasteiger partial charge in [0.1, 0.15) is 5.60 Å². The monoisotopic (exact) mass is 174 g/mol. The molecule has 0 atom stereocenters. The predicted octanol–water partition coefficient (Wildman–Crippen LogP) is 2.24. The van der Waals surface area contributed by atoms with E-state index < -0.39 is 5.60 Å². The number of rotatable bonds is 1. The molecule has 3 heteroatoms. The Kier molecular flexibility index (Phi) is 1.88. The van der Waals surface area contributed by atoms with Gasteiger partial charge in [-0.05, 0) is 37.1 Å². The van der Waals surface area contributed by atoms with Gasteiger partial charge in [0.25, 0.3) is 0 Å². The highest BCUT2D eigenvalue weighted by Gasteiger charge is 2.46. The quantitative estimate of drug-likeness (QED) is 0.607. The maximum absolute atomic E-state index is 12.1. The lowest BCUT2D eigenvalue weighted by Crippen LogP contribution is -2.48. The zero-order valence-electron chi connectivity index (χ0n) is 7.44. The molecular weight excluding hydrogens is 159 g/mol. The largest absolute Gasteiger partial charge is 0.380 e. The molecule has 1 saturated heterocycles. The lowest BCUT2D eigenvalue weighted by Gasteiger charge is -2.48. The van der Waals surface area contributed by atoms with Crippen LogP contribution in [0.1, 0.15) is 32.6 Å². The van der Waals surface area contributed by atoms with Gasteiger partial charge in [0, 0.05) is 5.41 Å². The lowest BCUT2D eigenvalue weighted by molar-refractivity contribution is -0.259. The van der Waals surface area contributed by atoms with Gasteiger partial charge >= 0.3 is 0 Å². The third-order valence-electron chi connectivity index (χ3n) is 3.37. The van der Waals surface area contributed by atoms with Crippen molar-refractivity contribution in [3.8, 4) is 0 Å². The predicted molar refractivity (Wildman–Crippen MR) is 42.3 cm³/mol. The third-order valence-corrected chi connectivity index (χ3v) is 3.37. The first-order chi connectivity index (χ1) is 5.68. The topological polar surface area (TPSA) is 18.5 Å². The number of halogens is 1. The van der Waals surface area contributed by atoms with Crippen LogP contribution in [-0.2, 0) is 9.68 Å². The molecule has 1 spiro atoms. The minimum atomic E-state index is -0.513. The minimum Gasteiger partial charge on any atom is -0.380 e. The van der Waals surface area contributed by atoms with E-state index in [0.717, 1.165) is 38.9 Å². The van der Waals surface area contributed by atoms with E-state index in [0.29, 0.717) is 5.41 Å². The van der Waals surface area contributed by atoms with Crippen molar-refractivity contribution >= 4 is 0 Å². The fraction of sp³-hybridized carbons (Fsp3) is 1.00. The Balaban J connectivity index is 1.92. The van der Waals surface area contributed by atoms with Gasteiger partial charge in [0.15, 0.2) is 0 Å². The molecular formula is C9H15FO2. The second-order valence-corrected chi connectivity index (χ2v) is 4.52. The normalized spacial score (nSPS) is 31.5. The first kappa shape index (κ1) is 8.45. The van der Waals surface area contributed by atoms with Crippen LogP contribution in [0.25, 0.3) is 0 Å². The maximum atomic E-state index is 12.1. The van der Waals surface area contributed by atoms with Crippen LogP contribution in [0.3, 0.4) is 0 Å². The van der Waals surface area contributed by atoms with Crippen molar-refractivity contribution in [1.29, 1.82) is 0 Å². The summed E-state index contributed by atoms with van der Waals surface area (Å²) in [6, 6.07) is 0. The van der Waals surface area contributed by atoms with E-state index in [1.807, 2.05) is 6.92 Å². The van der Waals surface area contributed by atoms with Gasteiger partial charge in [-0.15, -0.1) is 0 Å². The van der Waals surface area contributed by atoms with Gasteiger partial charge < -0.3 is 4.74 Å². The molecule has 1 saturated carbocycles. The van der Waals surface area contributed by atoms with Gasteiger partial charge in [-0.1, -0.05) is 0 Å². The first-order valence-corrected chi connectivity index (χ1v) is 4.56. The average molecular weight is 174 g/mol. The molecule has 1 aliphatic heterocycles. The van der Waals surface area contributed by atoms with E-state index >= 15 is 0 Å². The van der Waals surface area contributed by atoms with Gasteiger partial charge in [-0.2, -0.15) is 4.94 Å². The average Bonchev–Trinajstić information content (AvgIpc) is 2.04. The molecule has 2 nitrogen and oxygen atoms in total. The molecule has 2 rings (SSSR count). The SMILES string of the molecule is CC1(OF)CCC2(CC1)COC2. The molecule has 0 bridgehead atoms. The van der Waals surface area contributed by atoms with Crippen LogP contribution in [0.15, 0.2) is 0 Å². The van der Waals surface area contributed by atoms with Crippen molar-refractivity contribution in [2.45, 2.75) is 38.2 Å². The fourth-order valence-electron chi connectivity index (χ4n) is 2.07. The molecule has 12 heavy (non-hydrogen) atoms. The Labute approximate surface area is 71.9 Å². The summed E-state index contributed by atoms with van der Waals surface area (Å²) in [5, 5.41) is 0. The van der Waals surface area contributed by atoms with Gasteiger partial charge in [-0.25, -0.2) is 0 Å². The summed E-state index contributed by atoms with van der Waals surface area (Å²) in [5.41, 5.74) is -0.126. The lowest BCUT2D eigenvalue weighted by atomic mass is 9.68. The summed E-state index contributed by atoms with van der Waals surface area (Å²) in [5.74, 6) is 0. The summed E-state index contributed by atoms with van der Waals surface area (Å²) in [6.45, 7) is 3.59. The highest BCUT2D eigenvalue weighted by molar-refractivity contribution is 4.94. The van der Waals surface area contributed by atoms with Gasteiger partial charge in [0.05, 0.1) is 13.2 Å². The molecule has 0 aromatic heterocycles. The summed E-state index contributed by atoms with van der Waals surface area (Å²) in [4.78, 5) is 4.00. The number of ether oxygens (including phenoxy) is 1. The summed E-state index contributed by atoms with van der Waals surface area (Å²) < 4.78 is 17.3. The smallest absolute Gasteiger partial charge is 0.106 e. The van der Waals surface area contributed by atoms with Crippen molar-refractivity contribution < 1.29 is 14.2 Å². The van der Waals surface area contributed by atoms with E-state index in [1.54, 1.807) is 0 Å². The van der Waals surface area contributed by atoms with Crippen LogP contribution >= 0.6 is 0 Å². The Morgan fingerprint density at radius 3 is 2.08 bits per heavy atom. The van der Waals surface area contributed by atoms with Crippen LogP contribution in [0.5, 0.6) is 0 Å². The van der Waals surface area contributed by atoms with E-state index in [9.17, 15) is 4.53 Å². The first-order valence-electron chi connectivity index (χ1n) is 4.56. The van der Waals surface area contributed by atoms with Crippen molar-refractivity contribution in [3.05, 3.63) is 0 Å². The van der Waals surface area contributed by atoms with Gasteiger partial charge in [-0.3, -0.25) is 0 Å². The fourth-order valence-corrected chi connectivity index (χ4v) is 2.07. The Morgan fingerprint density at radius 2 is 1.75 bits per heavy atom. The van der Waals surface area contributed by atoms with Crippen LogP contribution in [-0.4, -0.2) is 18.8 Å².